The van der Waals surface area contributed by atoms with Crippen molar-refractivity contribution in [3.63, 3.8) is 0 Å². The molecule has 5 aromatic rings. The maximum absolute atomic E-state index is 12.6. The Morgan fingerprint density at radius 1 is 1.14 bits per heavy atom. The molecule has 0 aliphatic carbocycles. The molecule has 1 unspecified atom stereocenters. The van der Waals surface area contributed by atoms with Crippen molar-refractivity contribution in [2.24, 2.45) is 0 Å². The number of fused-ring (bicyclic) bond motifs is 1. The average molecular weight is 518 g/mol. The first-order valence-corrected chi connectivity index (χ1v) is 11.6. The van der Waals surface area contributed by atoms with Crippen molar-refractivity contribution in [2.75, 3.05) is 5.32 Å². The lowest BCUT2D eigenvalue weighted by molar-refractivity contribution is -0.136. The lowest BCUT2D eigenvalue weighted by Gasteiger charge is -2.15. The number of carbonyl (C=O) groups excluding carboxylic acids is 1. The molecule has 3 heterocycles. The lowest BCUT2D eigenvalue weighted by Crippen LogP contribution is -2.16. The number of H-pyrrole nitrogens is 1. The molecule has 0 saturated heterocycles. The Balaban J connectivity index is 1.40. The number of aromatic amines is 1. The Labute approximate surface area is 215 Å². The quantitative estimate of drug-likeness (QED) is 0.243. The maximum atomic E-state index is 12.6. The molecular weight excluding hydrogens is 498 g/mol. The van der Waals surface area contributed by atoms with Gasteiger partial charge >= 0.3 is 12.1 Å². The van der Waals surface area contributed by atoms with E-state index in [-0.39, 0.29) is 17.9 Å². The van der Waals surface area contributed by atoms with Crippen molar-refractivity contribution in [1.29, 1.82) is 0 Å². The molecule has 0 saturated carbocycles. The number of amides is 1. The van der Waals surface area contributed by atoms with Crippen LogP contribution in [-0.2, 0) is 16.0 Å². The van der Waals surface area contributed by atoms with E-state index < -0.39 is 18.2 Å². The molecule has 0 spiro atoms. The second-order valence-electron chi connectivity index (χ2n) is 8.18. The summed E-state index contributed by atoms with van der Waals surface area (Å²) in [6.07, 6.45) is 3.16. The molecule has 1 amide bonds. The smallest absolute Gasteiger partial charge is 0.412 e. The van der Waals surface area contributed by atoms with E-state index in [1.165, 1.54) is 12.5 Å². The van der Waals surface area contributed by atoms with Crippen LogP contribution in [0.2, 0.25) is 5.02 Å². The van der Waals surface area contributed by atoms with E-state index >= 15 is 0 Å². The number of hydrogen-bond acceptors (Lipinski definition) is 7. The fourth-order valence-electron chi connectivity index (χ4n) is 3.96. The molecule has 0 radical (unpaired) electrons. The predicted octanol–water partition coefficient (Wildman–Crippen LogP) is 5.87. The number of benzene rings is 2. The van der Waals surface area contributed by atoms with Crippen molar-refractivity contribution in [3.05, 3.63) is 83.4 Å². The van der Waals surface area contributed by atoms with E-state index in [9.17, 15) is 9.59 Å². The van der Waals surface area contributed by atoms with Crippen LogP contribution in [0.5, 0.6) is 0 Å². The normalized spacial score (nSPS) is 11.8. The number of carboxylic acid groups (broad SMARTS) is 1. The first kappa shape index (κ1) is 24.0. The van der Waals surface area contributed by atoms with Crippen LogP contribution in [0.4, 0.5) is 10.5 Å². The van der Waals surface area contributed by atoms with Crippen molar-refractivity contribution in [1.82, 2.24) is 20.1 Å². The number of pyridine rings is 1. The minimum atomic E-state index is -0.896. The number of imidazole rings is 1. The average Bonchev–Trinajstić information content (AvgIpc) is 3.54. The fraction of sp³-hybridized carbons (Fsp3) is 0.115. The van der Waals surface area contributed by atoms with E-state index in [2.05, 4.69) is 25.4 Å². The number of ether oxygens (including phenoxy) is 1. The number of carbonyl (C=O) groups is 2. The van der Waals surface area contributed by atoms with Crippen LogP contribution in [0.25, 0.3) is 33.6 Å². The molecule has 11 heteroatoms. The molecule has 10 nitrogen and oxygen atoms in total. The number of anilines is 1. The molecule has 1 atom stereocenters. The van der Waals surface area contributed by atoms with Crippen molar-refractivity contribution in [3.8, 4) is 22.6 Å². The molecule has 3 aromatic heterocycles. The van der Waals surface area contributed by atoms with Gasteiger partial charge in [0.1, 0.15) is 17.5 Å². The van der Waals surface area contributed by atoms with Crippen LogP contribution in [0.3, 0.4) is 0 Å². The fourth-order valence-corrected chi connectivity index (χ4v) is 4.25. The van der Waals surface area contributed by atoms with E-state index in [1.54, 1.807) is 43.5 Å². The largest absolute Gasteiger partial charge is 0.481 e. The number of aliphatic carboxylic acids is 1. The Bertz CT molecular complexity index is 1590. The van der Waals surface area contributed by atoms with Gasteiger partial charge in [-0.1, -0.05) is 59.2 Å². The summed E-state index contributed by atoms with van der Waals surface area (Å²) < 4.78 is 10.9. The first-order chi connectivity index (χ1) is 17.9. The summed E-state index contributed by atoms with van der Waals surface area (Å²) in [6.45, 7) is 1.72. The van der Waals surface area contributed by atoms with Gasteiger partial charge in [-0.2, -0.15) is 0 Å². The van der Waals surface area contributed by atoms with Crippen molar-refractivity contribution >= 4 is 40.4 Å². The first-order valence-electron chi connectivity index (χ1n) is 11.2. The van der Waals surface area contributed by atoms with E-state index in [4.69, 9.17) is 26.0 Å². The van der Waals surface area contributed by atoms with Gasteiger partial charge in [0, 0.05) is 22.3 Å². The van der Waals surface area contributed by atoms with Gasteiger partial charge in [0.15, 0.2) is 0 Å². The number of aromatic nitrogens is 4. The van der Waals surface area contributed by atoms with Crippen LogP contribution in [0, 0.1) is 0 Å². The zero-order valence-electron chi connectivity index (χ0n) is 19.4. The van der Waals surface area contributed by atoms with E-state index in [0.29, 0.717) is 32.9 Å². The summed E-state index contributed by atoms with van der Waals surface area (Å²) in [5.41, 5.74) is 4.78. The Morgan fingerprint density at radius 3 is 2.68 bits per heavy atom. The van der Waals surface area contributed by atoms with Crippen LogP contribution in [0.1, 0.15) is 24.2 Å². The molecule has 0 aliphatic rings. The SMILES string of the molecule is CC(OC(=O)Nc1cnoc1-c1ncc(-c2ccc(CC(=O)O)cc2)c2nc[nH]c12)c1ccccc1Cl. The highest BCUT2D eigenvalue weighted by Gasteiger charge is 2.22. The van der Waals surface area contributed by atoms with Crippen LogP contribution < -0.4 is 5.32 Å². The number of hydrogen-bond donors (Lipinski definition) is 3. The number of halogens is 1. The molecule has 3 N–H and O–H groups in total. The van der Waals surface area contributed by atoms with Crippen LogP contribution in [0.15, 0.2) is 71.8 Å². The second kappa shape index (κ2) is 10.1. The number of carboxylic acids is 1. The highest BCUT2D eigenvalue weighted by molar-refractivity contribution is 6.31. The van der Waals surface area contributed by atoms with Gasteiger partial charge < -0.3 is 19.4 Å². The monoisotopic (exact) mass is 517 g/mol. The number of nitrogens with one attached hydrogen (secondary N) is 2. The third-order valence-electron chi connectivity index (χ3n) is 5.72. The number of rotatable bonds is 7. The lowest BCUT2D eigenvalue weighted by atomic mass is 10.0. The zero-order valence-corrected chi connectivity index (χ0v) is 20.2. The Morgan fingerprint density at radius 2 is 1.92 bits per heavy atom. The Hall–Kier alpha value is -4.70. The van der Waals surface area contributed by atoms with Gasteiger partial charge in [0.2, 0.25) is 5.76 Å². The molecule has 0 aliphatic heterocycles. The molecule has 5 rings (SSSR count). The minimum Gasteiger partial charge on any atom is -0.481 e. The summed E-state index contributed by atoms with van der Waals surface area (Å²) in [5, 5.41) is 16.0. The van der Waals surface area contributed by atoms with Crippen LogP contribution >= 0.6 is 11.6 Å². The van der Waals surface area contributed by atoms with Crippen molar-refractivity contribution < 1.29 is 24.0 Å². The Kier molecular flexibility index (Phi) is 6.57. The van der Waals surface area contributed by atoms with Gasteiger partial charge in [-0.3, -0.25) is 10.1 Å². The third kappa shape index (κ3) is 5.00. The van der Waals surface area contributed by atoms with Crippen LogP contribution in [-0.4, -0.2) is 37.3 Å². The van der Waals surface area contributed by atoms with Gasteiger partial charge in [-0.15, -0.1) is 0 Å². The van der Waals surface area contributed by atoms with Gasteiger partial charge in [-0.05, 0) is 24.1 Å². The highest BCUT2D eigenvalue weighted by Crippen LogP contribution is 2.35. The molecule has 37 heavy (non-hydrogen) atoms. The van der Waals surface area contributed by atoms with E-state index in [0.717, 1.165) is 11.1 Å². The van der Waals surface area contributed by atoms with Crippen molar-refractivity contribution in [2.45, 2.75) is 19.4 Å². The molecule has 0 bridgehead atoms. The zero-order chi connectivity index (χ0) is 25.9. The van der Waals surface area contributed by atoms with Gasteiger partial charge in [0.05, 0.1) is 30.0 Å². The number of nitrogens with zero attached hydrogens (tertiary/aromatic N) is 3. The molecule has 2 aromatic carbocycles. The highest BCUT2D eigenvalue weighted by atomic mass is 35.5. The maximum Gasteiger partial charge on any atom is 0.412 e. The third-order valence-corrected chi connectivity index (χ3v) is 6.07. The molecule has 0 fully saturated rings. The molecule has 186 valence electrons. The summed E-state index contributed by atoms with van der Waals surface area (Å²) in [4.78, 5) is 35.6. The van der Waals surface area contributed by atoms with Gasteiger partial charge in [-0.25, -0.2) is 14.8 Å². The van der Waals surface area contributed by atoms with E-state index in [1.807, 2.05) is 18.2 Å². The predicted molar refractivity (Wildman–Crippen MR) is 136 cm³/mol. The summed E-state index contributed by atoms with van der Waals surface area (Å²) in [5.74, 6) is -0.674. The summed E-state index contributed by atoms with van der Waals surface area (Å²) in [6, 6.07) is 14.3. The standard InChI is InChI=1S/C26H20ClN5O5/c1-14(17-4-2-3-5-19(17)27)36-26(35)32-20-12-31-37-25(20)24-23-22(29-13-30-23)18(11-28-24)16-8-6-15(7-9-16)10-21(33)34/h2-9,11-14H,10H2,1H3,(H,29,30)(H,32,35)(H,33,34). The second-order valence-corrected chi connectivity index (χ2v) is 8.58. The summed E-state index contributed by atoms with van der Waals surface area (Å²) in [7, 11) is 0. The molecular formula is C26H20ClN5O5. The van der Waals surface area contributed by atoms with Gasteiger partial charge in [0.25, 0.3) is 0 Å². The topological polar surface area (TPSA) is 143 Å². The minimum absolute atomic E-state index is 0.0594. The summed E-state index contributed by atoms with van der Waals surface area (Å²) >= 11 is 6.20.